The molecule has 3 heteroatoms. The minimum Gasteiger partial charge on any atom is -0.370 e. The highest BCUT2D eigenvalue weighted by Gasteiger charge is 2.12. The molecule has 0 heterocycles. The van der Waals surface area contributed by atoms with E-state index in [1.165, 1.54) is 24.8 Å². The number of hydrogen-bond donors (Lipinski definition) is 1. The molecule has 0 spiro atoms. The summed E-state index contributed by atoms with van der Waals surface area (Å²) < 4.78 is 0. The van der Waals surface area contributed by atoms with E-state index in [0.717, 1.165) is 17.9 Å². The second-order valence-electron chi connectivity index (χ2n) is 4.75. The number of amides is 1. The van der Waals surface area contributed by atoms with E-state index in [4.69, 9.17) is 17.3 Å². The minimum absolute atomic E-state index is 0.218. The molecule has 0 fully saturated rings. The Balaban J connectivity index is 2.62. The van der Waals surface area contributed by atoms with Crippen LogP contribution in [0, 0.1) is 0 Å². The Morgan fingerprint density at radius 3 is 2.44 bits per heavy atom. The van der Waals surface area contributed by atoms with E-state index in [9.17, 15) is 4.79 Å². The van der Waals surface area contributed by atoms with Gasteiger partial charge in [-0.05, 0) is 36.5 Å². The summed E-state index contributed by atoms with van der Waals surface area (Å²) >= 11 is 5.90. The van der Waals surface area contributed by atoms with Gasteiger partial charge < -0.3 is 5.73 Å². The quantitative estimate of drug-likeness (QED) is 0.702. The van der Waals surface area contributed by atoms with Gasteiger partial charge in [-0.25, -0.2) is 0 Å². The number of hydrogen-bond acceptors (Lipinski definition) is 1. The van der Waals surface area contributed by atoms with Crippen LogP contribution in [0.2, 0.25) is 5.02 Å². The lowest BCUT2D eigenvalue weighted by molar-refractivity contribution is -0.118. The van der Waals surface area contributed by atoms with Crippen molar-refractivity contribution >= 4 is 17.5 Å². The van der Waals surface area contributed by atoms with Crippen LogP contribution in [0.1, 0.15) is 56.9 Å². The summed E-state index contributed by atoms with van der Waals surface area (Å²) in [4.78, 5) is 10.9. The molecule has 1 atom stereocenters. The van der Waals surface area contributed by atoms with Gasteiger partial charge in [0.2, 0.25) is 5.91 Å². The second-order valence-corrected chi connectivity index (χ2v) is 5.19. The summed E-state index contributed by atoms with van der Waals surface area (Å²) in [5, 5.41) is 0.751. The van der Waals surface area contributed by atoms with Crippen molar-refractivity contribution in [1.29, 1.82) is 0 Å². The molecule has 0 aliphatic carbocycles. The Bertz CT molecular complexity index is 361. The predicted octanol–water partition coefficient (Wildman–Crippen LogP) is 4.27. The fourth-order valence-corrected chi connectivity index (χ4v) is 2.30. The number of carbonyl (C=O) groups is 1. The Morgan fingerprint density at radius 1 is 1.22 bits per heavy atom. The fourth-order valence-electron chi connectivity index (χ4n) is 2.17. The highest BCUT2D eigenvalue weighted by Crippen LogP contribution is 2.28. The van der Waals surface area contributed by atoms with Crippen LogP contribution >= 0.6 is 11.6 Å². The molecule has 1 aromatic carbocycles. The molecule has 0 aliphatic heterocycles. The Kier molecular flexibility index (Phi) is 6.81. The van der Waals surface area contributed by atoms with E-state index in [1.54, 1.807) is 0 Å². The highest BCUT2D eigenvalue weighted by molar-refractivity contribution is 6.30. The molecule has 2 nitrogen and oxygen atoms in total. The third-order valence-corrected chi connectivity index (χ3v) is 3.49. The Hall–Kier alpha value is -1.02. The topological polar surface area (TPSA) is 43.1 Å². The predicted molar refractivity (Wildman–Crippen MR) is 76.8 cm³/mol. The maximum Gasteiger partial charge on any atom is 0.217 e. The van der Waals surface area contributed by atoms with Gasteiger partial charge in [0.05, 0.1) is 0 Å². The maximum atomic E-state index is 10.9. The molecule has 1 aromatic rings. The Labute approximate surface area is 115 Å². The molecule has 1 amide bonds. The standard InChI is InChI=1S/C15H22ClNO/c1-2-3-4-5-12(8-11-15(17)18)13-6-9-14(16)10-7-13/h6-7,9-10,12H,2-5,8,11H2,1H3,(H2,17,18). The molecule has 18 heavy (non-hydrogen) atoms. The molecule has 1 rings (SSSR count). The number of carbonyl (C=O) groups excluding carboxylic acids is 1. The number of primary amides is 1. The first-order valence-corrected chi connectivity index (χ1v) is 7.05. The van der Waals surface area contributed by atoms with Gasteiger partial charge in [0.15, 0.2) is 0 Å². The van der Waals surface area contributed by atoms with E-state index in [0.29, 0.717) is 12.3 Å². The van der Waals surface area contributed by atoms with Crippen LogP contribution < -0.4 is 5.73 Å². The van der Waals surface area contributed by atoms with Crippen molar-refractivity contribution < 1.29 is 4.79 Å². The van der Waals surface area contributed by atoms with Gasteiger partial charge in [0.1, 0.15) is 0 Å². The Morgan fingerprint density at radius 2 is 1.89 bits per heavy atom. The molecule has 1 unspecified atom stereocenters. The molecule has 0 bridgehead atoms. The highest BCUT2D eigenvalue weighted by atomic mass is 35.5. The number of benzene rings is 1. The molecular formula is C15H22ClNO. The van der Waals surface area contributed by atoms with Crippen LogP contribution in [0.3, 0.4) is 0 Å². The van der Waals surface area contributed by atoms with Gasteiger partial charge in [0, 0.05) is 11.4 Å². The number of rotatable bonds is 8. The minimum atomic E-state index is -0.218. The number of halogens is 1. The van der Waals surface area contributed by atoms with Crippen molar-refractivity contribution in [2.75, 3.05) is 0 Å². The van der Waals surface area contributed by atoms with E-state index in [-0.39, 0.29) is 5.91 Å². The number of nitrogens with two attached hydrogens (primary N) is 1. The third kappa shape index (κ3) is 5.54. The zero-order valence-corrected chi connectivity index (χ0v) is 11.7. The molecule has 0 saturated heterocycles. The first-order valence-electron chi connectivity index (χ1n) is 6.67. The summed E-state index contributed by atoms with van der Waals surface area (Å²) in [7, 11) is 0. The first kappa shape index (κ1) is 15.0. The molecule has 0 radical (unpaired) electrons. The zero-order valence-electron chi connectivity index (χ0n) is 11.0. The van der Waals surface area contributed by atoms with E-state index in [1.807, 2.05) is 12.1 Å². The summed E-state index contributed by atoms with van der Waals surface area (Å²) in [5.74, 6) is 0.200. The van der Waals surface area contributed by atoms with Crippen molar-refractivity contribution in [2.45, 2.75) is 51.4 Å². The summed E-state index contributed by atoms with van der Waals surface area (Å²) in [6.07, 6.45) is 6.05. The van der Waals surface area contributed by atoms with Crippen LogP contribution in [-0.2, 0) is 4.79 Å². The third-order valence-electron chi connectivity index (χ3n) is 3.24. The summed E-state index contributed by atoms with van der Waals surface area (Å²) in [6.45, 7) is 2.20. The second kappa shape index (κ2) is 8.15. The molecule has 0 aromatic heterocycles. The molecule has 2 N–H and O–H groups in total. The number of unbranched alkanes of at least 4 members (excludes halogenated alkanes) is 2. The van der Waals surface area contributed by atoms with Crippen LogP contribution in [0.5, 0.6) is 0 Å². The SMILES string of the molecule is CCCCCC(CCC(N)=O)c1ccc(Cl)cc1. The van der Waals surface area contributed by atoms with E-state index < -0.39 is 0 Å². The molecule has 0 aliphatic rings. The summed E-state index contributed by atoms with van der Waals surface area (Å²) in [6, 6.07) is 7.93. The monoisotopic (exact) mass is 267 g/mol. The van der Waals surface area contributed by atoms with Crippen molar-refractivity contribution in [1.82, 2.24) is 0 Å². The lowest BCUT2D eigenvalue weighted by atomic mass is 9.89. The fraction of sp³-hybridized carbons (Fsp3) is 0.533. The van der Waals surface area contributed by atoms with Crippen molar-refractivity contribution in [2.24, 2.45) is 5.73 Å². The molecule has 0 saturated carbocycles. The van der Waals surface area contributed by atoms with Crippen LogP contribution in [-0.4, -0.2) is 5.91 Å². The lowest BCUT2D eigenvalue weighted by Gasteiger charge is -2.16. The van der Waals surface area contributed by atoms with Crippen LogP contribution in [0.25, 0.3) is 0 Å². The zero-order chi connectivity index (χ0) is 13.4. The van der Waals surface area contributed by atoms with Crippen LogP contribution in [0.4, 0.5) is 0 Å². The van der Waals surface area contributed by atoms with Gasteiger partial charge in [0.25, 0.3) is 0 Å². The van der Waals surface area contributed by atoms with E-state index in [2.05, 4.69) is 19.1 Å². The van der Waals surface area contributed by atoms with Crippen molar-refractivity contribution in [3.63, 3.8) is 0 Å². The molecular weight excluding hydrogens is 246 g/mol. The van der Waals surface area contributed by atoms with Crippen molar-refractivity contribution in [3.8, 4) is 0 Å². The van der Waals surface area contributed by atoms with Gasteiger partial charge in [-0.1, -0.05) is 49.9 Å². The lowest BCUT2D eigenvalue weighted by Crippen LogP contribution is -2.12. The first-order chi connectivity index (χ1) is 8.63. The van der Waals surface area contributed by atoms with Gasteiger partial charge >= 0.3 is 0 Å². The van der Waals surface area contributed by atoms with Gasteiger partial charge in [-0.3, -0.25) is 4.79 Å². The average molecular weight is 268 g/mol. The smallest absolute Gasteiger partial charge is 0.217 e. The van der Waals surface area contributed by atoms with E-state index >= 15 is 0 Å². The van der Waals surface area contributed by atoms with Gasteiger partial charge in [-0.15, -0.1) is 0 Å². The normalized spacial score (nSPS) is 12.3. The maximum absolute atomic E-state index is 10.9. The largest absolute Gasteiger partial charge is 0.370 e. The van der Waals surface area contributed by atoms with Crippen molar-refractivity contribution in [3.05, 3.63) is 34.9 Å². The summed E-state index contributed by atoms with van der Waals surface area (Å²) in [5.41, 5.74) is 6.50. The molecule has 100 valence electrons. The van der Waals surface area contributed by atoms with Crippen LogP contribution in [0.15, 0.2) is 24.3 Å². The van der Waals surface area contributed by atoms with Gasteiger partial charge in [-0.2, -0.15) is 0 Å². The average Bonchev–Trinajstić information content (AvgIpc) is 2.34.